The first kappa shape index (κ1) is 17.3. The summed E-state index contributed by atoms with van der Waals surface area (Å²) in [5.41, 5.74) is 0.597. The Morgan fingerprint density at radius 1 is 1.16 bits per heavy atom. The Kier molecular flexibility index (Phi) is 4.67. The fourth-order valence-electron chi connectivity index (χ4n) is 2.50. The van der Waals surface area contributed by atoms with Gasteiger partial charge in [0.25, 0.3) is 5.91 Å². The monoisotopic (exact) mass is 367 g/mol. The Bertz CT molecular complexity index is 901. The fraction of sp³-hybridized carbons (Fsp3) is 0.250. The summed E-state index contributed by atoms with van der Waals surface area (Å²) in [7, 11) is -3.07. The number of pyridine rings is 1. The molecule has 0 bridgehead atoms. The molecule has 0 saturated carbocycles. The van der Waals surface area contributed by atoms with E-state index in [0.717, 1.165) is 12.1 Å². The highest BCUT2D eigenvalue weighted by atomic mass is 32.2. The molecule has 2 heterocycles. The molecule has 25 heavy (non-hydrogen) atoms. The van der Waals surface area contributed by atoms with E-state index in [9.17, 15) is 22.0 Å². The van der Waals surface area contributed by atoms with Gasteiger partial charge in [0.15, 0.2) is 21.5 Å². The number of aromatic nitrogens is 1. The third kappa shape index (κ3) is 4.30. The lowest BCUT2D eigenvalue weighted by Crippen LogP contribution is -2.35. The van der Waals surface area contributed by atoms with E-state index in [4.69, 9.17) is 0 Å². The Morgan fingerprint density at radius 2 is 1.96 bits per heavy atom. The van der Waals surface area contributed by atoms with Crippen molar-refractivity contribution in [1.82, 2.24) is 10.3 Å². The van der Waals surface area contributed by atoms with Crippen LogP contribution in [0, 0.1) is 11.6 Å². The third-order valence-electron chi connectivity index (χ3n) is 3.79. The lowest BCUT2D eigenvalue weighted by molar-refractivity contribution is 0.0941. The number of rotatable bonds is 4. The summed E-state index contributed by atoms with van der Waals surface area (Å²) < 4.78 is 48.9. The highest BCUT2D eigenvalue weighted by Crippen LogP contribution is 2.18. The van der Waals surface area contributed by atoms with Crippen molar-refractivity contribution in [1.29, 1.82) is 0 Å². The average molecular weight is 367 g/mol. The summed E-state index contributed by atoms with van der Waals surface area (Å²) in [6.07, 6.45) is 1.72. The number of nitrogens with zero attached hydrogens (tertiary/aromatic N) is 1. The molecule has 132 valence electrons. The minimum atomic E-state index is -3.07. The van der Waals surface area contributed by atoms with Gasteiger partial charge in [-0.2, -0.15) is 0 Å². The second-order valence-electron chi connectivity index (χ2n) is 5.76. The van der Waals surface area contributed by atoms with Gasteiger partial charge in [-0.05, 0) is 30.7 Å². The van der Waals surface area contributed by atoms with Crippen molar-refractivity contribution in [3.8, 4) is 0 Å². The molecule has 0 spiro atoms. The van der Waals surface area contributed by atoms with Crippen molar-refractivity contribution < 1.29 is 22.0 Å². The highest BCUT2D eigenvalue weighted by Gasteiger charge is 2.29. The van der Waals surface area contributed by atoms with E-state index in [1.165, 1.54) is 24.4 Å². The van der Waals surface area contributed by atoms with Gasteiger partial charge in [-0.25, -0.2) is 22.2 Å². The molecule has 6 nitrogen and oxygen atoms in total. The molecule has 2 N–H and O–H groups in total. The summed E-state index contributed by atoms with van der Waals surface area (Å²) in [5.74, 6) is -1.96. The Hall–Kier alpha value is -2.55. The molecule has 0 radical (unpaired) electrons. The predicted octanol–water partition coefficient (Wildman–Crippen LogP) is 2.02. The van der Waals surface area contributed by atoms with Crippen molar-refractivity contribution in [3.63, 3.8) is 0 Å². The maximum absolute atomic E-state index is 13.2. The van der Waals surface area contributed by atoms with Crippen molar-refractivity contribution in [2.45, 2.75) is 12.5 Å². The zero-order valence-electron chi connectivity index (χ0n) is 13.0. The van der Waals surface area contributed by atoms with E-state index in [0.29, 0.717) is 17.9 Å². The molecule has 1 saturated heterocycles. The quantitative estimate of drug-likeness (QED) is 0.863. The SMILES string of the molecule is O=C(NC1CCS(=O)(=O)C1)c1ccc(Nc2ccc(F)c(F)c2)nc1. The zero-order valence-corrected chi connectivity index (χ0v) is 13.8. The maximum atomic E-state index is 13.2. The molecule has 0 aliphatic carbocycles. The van der Waals surface area contributed by atoms with Crippen LogP contribution in [0.1, 0.15) is 16.8 Å². The molecule has 1 aromatic heterocycles. The van der Waals surface area contributed by atoms with E-state index < -0.39 is 33.4 Å². The van der Waals surface area contributed by atoms with E-state index in [1.54, 1.807) is 0 Å². The Morgan fingerprint density at radius 3 is 2.56 bits per heavy atom. The summed E-state index contributed by atoms with van der Waals surface area (Å²) in [4.78, 5) is 16.1. The molecule has 1 unspecified atom stereocenters. The first-order valence-electron chi connectivity index (χ1n) is 7.52. The van der Waals surface area contributed by atoms with E-state index in [2.05, 4.69) is 15.6 Å². The molecule has 2 aromatic rings. The lowest BCUT2D eigenvalue weighted by Gasteiger charge is -2.11. The number of nitrogens with one attached hydrogen (secondary N) is 2. The second kappa shape index (κ2) is 6.75. The van der Waals surface area contributed by atoms with Crippen LogP contribution in [0.15, 0.2) is 36.5 Å². The van der Waals surface area contributed by atoms with Gasteiger partial charge in [-0.3, -0.25) is 4.79 Å². The zero-order chi connectivity index (χ0) is 18.0. The van der Waals surface area contributed by atoms with Gasteiger partial charge in [-0.15, -0.1) is 0 Å². The summed E-state index contributed by atoms with van der Waals surface area (Å²) in [6.45, 7) is 0. The van der Waals surface area contributed by atoms with Crippen LogP contribution in [0.25, 0.3) is 0 Å². The number of amides is 1. The Labute approximate surface area is 143 Å². The van der Waals surface area contributed by atoms with Crippen molar-refractivity contribution in [2.24, 2.45) is 0 Å². The largest absolute Gasteiger partial charge is 0.348 e. The molecule has 1 amide bonds. The van der Waals surface area contributed by atoms with E-state index in [1.807, 2.05) is 0 Å². The van der Waals surface area contributed by atoms with Crippen molar-refractivity contribution >= 4 is 27.2 Å². The van der Waals surface area contributed by atoms with Gasteiger partial charge >= 0.3 is 0 Å². The van der Waals surface area contributed by atoms with Crippen molar-refractivity contribution in [2.75, 3.05) is 16.8 Å². The van der Waals surface area contributed by atoms with Crippen LogP contribution in [0.4, 0.5) is 20.3 Å². The number of benzene rings is 1. The molecule has 3 rings (SSSR count). The smallest absolute Gasteiger partial charge is 0.253 e. The third-order valence-corrected chi connectivity index (χ3v) is 5.55. The topological polar surface area (TPSA) is 88.2 Å². The van der Waals surface area contributed by atoms with E-state index >= 15 is 0 Å². The minimum Gasteiger partial charge on any atom is -0.348 e. The number of carbonyl (C=O) groups excluding carboxylic acids is 1. The van der Waals surface area contributed by atoms with Crippen LogP contribution >= 0.6 is 0 Å². The van der Waals surface area contributed by atoms with Crippen LogP contribution < -0.4 is 10.6 Å². The summed E-state index contributed by atoms with van der Waals surface area (Å²) in [6, 6.07) is 5.99. The Balaban J connectivity index is 1.63. The maximum Gasteiger partial charge on any atom is 0.253 e. The standard InChI is InChI=1S/C16H15F2N3O3S/c17-13-3-2-11(7-14(13)18)20-15-4-1-10(8-19-15)16(22)21-12-5-6-25(23,24)9-12/h1-4,7-8,12H,5-6,9H2,(H,19,20)(H,21,22). The predicted molar refractivity (Wildman–Crippen MR) is 88.4 cm³/mol. The summed E-state index contributed by atoms with van der Waals surface area (Å²) in [5, 5.41) is 5.46. The molecule has 1 aliphatic heterocycles. The number of carbonyl (C=O) groups is 1. The van der Waals surface area contributed by atoms with Crippen LogP contribution in [0.3, 0.4) is 0 Å². The number of hydrogen-bond acceptors (Lipinski definition) is 5. The average Bonchev–Trinajstić information content (AvgIpc) is 2.90. The van der Waals surface area contributed by atoms with Gasteiger partial charge in [0, 0.05) is 24.0 Å². The molecular weight excluding hydrogens is 352 g/mol. The highest BCUT2D eigenvalue weighted by molar-refractivity contribution is 7.91. The molecule has 1 aliphatic rings. The van der Waals surface area contributed by atoms with Gasteiger partial charge in [0.2, 0.25) is 0 Å². The number of anilines is 2. The van der Waals surface area contributed by atoms with Crippen LogP contribution in [-0.4, -0.2) is 36.9 Å². The van der Waals surface area contributed by atoms with Crippen LogP contribution in [0.5, 0.6) is 0 Å². The number of halogens is 2. The summed E-state index contributed by atoms with van der Waals surface area (Å²) >= 11 is 0. The molecule has 1 fully saturated rings. The second-order valence-corrected chi connectivity index (χ2v) is 7.99. The van der Waals surface area contributed by atoms with E-state index in [-0.39, 0.29) is 17.1 Å². The lowest BCUT2D eigenvalue weighted by atomic mass is 10.2. The van der Waals surface area contributed by atoms with Gasteiger partial charge in [-0.1, -0.05) is 0 Å². The molecule has 9 heteroatoms. The molecule has 1 aromatic carbocycles. The van der Waals surface area contributed by atoms with Crippen LogP contribution in [0.2, 0.25) is 0 Å². The van der Waals surface area contributed by atoms with Gasteiger partial charge in [0.1, 0.15) is 5.82 Å². The minimum absolute atomic E-state index is 0.0536. The first-order chi connectivity index (χ1) is 11.8. The van der Waals surface area contributed by atoms with Gasteiger partial charge < -0.3 is 10.6 Å². The first-order valence-corrected chi connectivity index (χ1v) is 9.34. The molecular formula is C16H15F2N3O3S. The fourth-order valence-corrected chi connectivity index (χ4v) is 4.17. The van der Waals surface area contributed by atoms with Crippen LogP contribution in [-0.2, 0) is 9.84 Å². The van der Waals surface area contributed by atoms with Gasteiger partial charge in [0.05, 0.1) is 17.1 Å². The molecule has 1 atom stereocenters. The van der Waals surface area contributed by atoms with Crippen molar-refractivity contribution in [3.05, 3.63) is 53.7 Å². The normalized spacial score (nSPS) is 18.7. The number of hydrogen-bond donors (Lipinski definition) is 2. The number of sulfone groups is 1.